The molecule has 0 spiro atoms. The third-order valence-corrected chi connectivity index (χ3v) is 10.1. The molecule has 1 fully saturated rings. The number of aryl methyl sites for hydroxylation is 2. The van der Waals surface area contributed by atoms with Crippen molar-refractivity contribution in [2.75, 3.05) is 18.0 Å². The second-order valence-electron chi connectivity index (χ2n) is 12.9. The number of rotatable bonds is 4. The molecule has 236 valence electrons. The largest absolute Gasteiger partial charge is 0.364 e. The van der Waals surface area contributed by atoms with Crippen LogP contribution in [0.2, 0.25) is 5.02 Å². The maximum atomic E-state index is 16.8. The number of H-pyrrole nitrogens is 1. The fourth-order valence-electron chi connectivity index (χ4n) is 7.54. The van der Waals surface area contributed by atoms with E-state index in [1.807, 2.05) is 57.7 Å². The van der Waals surface area contributed by atoms with E-state index in [2.05, 4.69) is 21.7 Å². The SMILES string of the molecule is C=CC(=O)N1CC2CCc3c(c4cc(F)c(-c5c(C)ccc6[nH]ncc56)c(Cl)c4n(-c4c(C)ccnc4C(C)C)c3=O)N2CC1C. The third kappa shape index (κ3) is 4.39. The van der Waals surface area contributed by atoms with E-state index in [-0.39, 0.29) is 40.1 Å². The number of hydrogen-bond donors (Lipinski definition) is 1. The Bertz CT molecular complexity index is 2150. The van der Waals surface area contributed by atoms with E-state index in [0.717, 1.165) is 27.7 Å². The number of carbonyl (C=O) groups excluding carboxylic acids is 1. The predicted octanol–water partition coefficient (Wildman–Crippen LogP) is 7.00. The standard InChI is InChI=1S/C36H36ClFN6O2/c1-7-28(45)42-17-22-9-10-23-34(43(22)16-21(42)6)24-14-26(38)30(29-19(4)8-11-27-25(29)15-40-41-27)31(37)35(24)44(36(23)46)33-20(5)12-13-39-32(33)18(2)3/h7-8,11-15,18,21-22H,1,9-10,16-17H2,2-6H3,(H,40,41). The second kappa shape index (κ2) is 11.1. The summed E-state index contributed by atoms with van der Waals surface area (Å²) in [6, 6.07) is 7.07. The highest BCUT2D eigenvalue weighted by molar-refractivity contribution is 6.39. The smallest absolute Gasteiger partial charge is 0.261 e. The van der Waals surface area contributed by atoms with Crippen LogP contribution in [0.4, 0.5) is 10.1 Å². The van der Waals surface area contributed by atoms with Gasteiger partial charge in [-0.25, -0.2) is 4.39 Å². The van der Waals surface area contributed by atoms with Crippen molar-refractivity contribution in [3.8, 4) is 16.8 Å². The molecule has 8 nitrogen and oxygen atoms in total. The normalized spacial score (nSPS) is 17.9. The summed E-state index contributed by atoms with van der Waals surface area (Å²) >= 11 is 7.43. The van der Waals surface area contributed by atoms with Crippen LogP contribution in [0.3, 0.4) is 0 Å². The zero-order chi connectivity index (χ0) is 32.6. The molecule has 2 aliphatic rings. The molecule has 1 amide bonds. The topological polar surface area (TPSA) is 87.1 Å². The van der Waals surface area contributed by atoms with Gasteiger partial charge < -0.3 is 9.80 Å². The summed E-state index contributed by atoms with van der Waals surface area (Å²) in [5, 5.41) is 8.65. The van der Waals surface area contributed by atoms with E-state index in [1.54, 1.807) is 23.0 Å². The number of amides is 1. The van der Waals surface area contributed by atoms with E-state index >= 15 is 4.39 Å². The Morgan fingerprint density at radius 1 is 1.13 bits per heavy atom. The lowest BCUT2D eigenvalue weighted by Gasteiger charge is -2.49. The summed E-state index contributed by atoms with van der Waals surface area (Å²) in [5.74, 6) is -0.590. The summed E-state index contributed by atoms with van der Waals surface area (Å²) in [7, 11) is 0. The fourth-order valence-corrected chi connectivity index (χ4v) is 7.91. The minimum atomic E-state index is -0.482. The molecule has 1 saturated heterocycles. The predicted molar refractivity (Wildman–Crippen MR) is 182 cm³/mol. The van der Waals surface area contributed by atoms with Gasteiger partial charge in [-0.3, -0.25) is 24.2 Å². The molecular weight excluding hydrogens is 603 g/mol. The molecule has 2 atom stereocenters. The van der Waals surface area contributed by atoms with Gasteiger partial charge in [-0.15, -0.1) is 0 Å². The van der Waals surface area contributed by atoms with Crippen LogP contribution in [0.5, 0.6) is 0 Å². The van der Waals surface area contributed by atoms with Gasteiger partial charge in [0.15, 0.2) is 0 Å². The Morgan fingerprint density at radius 3 is 2.65 bits per heavy atom. The first-order valence-corrected chi connectivity index (χ1v) is 16.1. The van der Waals surface area contributed by atoms with Crippen LogP contribution in [0.1, 0.15) is 55.5 Å². The average molecular weight is 639 g/mol. The molecule has 0 aliphatic carbocycles. The van der Waals surface area contributed by atoms with E-state index < -0.39 is 5.82 Å². The van der Waals surface area contributed by atoms with Crippen LogP contribution in [-0.2, 0) is 11.2 Å². The van der Waals surface area contributed by atoms with Crippen LogP contribution in [0.15, 0.2) is 54.1 Å². The number of halogens is 2. The Balaban J connectivity index is 1.61. The van der Waals surface area contributed by atoms with Crippen LogP contribution >= 0.6 is 11.6 Å². The van der Waals surface area contributed by atoms with Gasteiger partial charge in [0.25, 0.3) is 5.56 Å². The molecular formula is C36H36ClFN6O2. The van der Waals surface area contributed by atoms with Crippen molar-refractivity contribution in [2.24, 2.45) is 0 Å². The van der Waals surface area contributed by atoms with Crippen molar-refractivity contribution < 1.29 is 9.18 Å². The number of aromatic amines is 1. The van der Waals surface area contributed by atoms with Gasteiger partial charge in [0.1, 0.15) is 5.82 Å². The summed E-state index contributed by atoms with van der Waals surface area (Å²) in [6.07, 6.45) is 5.95. The quantitative estimate of drug-likeness (QED) is 0.214. The van der Waals surface area contributed by atoms with Crippen molar-refractivity contribution in [2.45, 2.75) is 65.5 Å². The summed E-state index contributed by atoms with van der Waals surface area (Å²) in [5.41, 5.74) is 6.32. The number of anilines is 1. The van der Waals surface area contributed by atoms with E-state index in [1.165, 1.54) is 6.08 Å². The Kier molecular flexibility index (Phi) is 7.27. The number of carbonyl (C=O) groups is 1. The van der Waals surface area contributed by atoms with Crippen molar-refractivity contribution in [1.82, 2.24) is 24.6 Å². The Morgan fingerprint density at radius 2 is 1.91 bits per heavy atom. The summed E-state index contributed by atoms with van der Waals surface area (Å²) < 4.78 is 18.5. The van der Waals surface area contributed by atoms with Crippen LogP contribution in [-0.4, -0.2) is 55.7 Å². The molecule has 0 radical (unpaired) electrons. The lowest BCUT2D eigenvalue weighted by molar-refractivity contribution is -0.129. The number of aromatic nitrogens is 4. The molecule has 3 aromatic heterocycles. The Labute approximate surface area is 271 Å². The molecule has 46 heavy (non-hydrogen) atoms. The molecule has 2 aliphatic heterocycles. The van der Waals surface area contributed by atoms with Gasteiger partial charge in [0, 0.05) is 58.8 Å². The van der Waals surface area contributed by atoms with Gasteiger partial charge in [-0.05, 0) is 74.9 Å². The van der Waals surface area contributed by atoms with Gasteiger partial charge in [0.05, 0.1) is 39.3 Å². The van der Waals surface area contributed by atoms with Crippen molar-refractivity contribution in [3.05, 3.63) is 92.9 Å². The maximum absolute atomic E-state index is 16.8. The molecule has 2 aromatic carbocycles. The minimum Gasteiger partial charge on any atom is -0.364 e. The van der Waals surface area contributed by atoms with Crippen LogP contribution < -0.4 is 10.5 Å². The molecule has 1 N–H and O–H groups in total. The number of nitrogens with one attached hydrogen (secondary N) is 1. The van der Waals surface area contributed by atoms with Gasteiger partial charge >= 0.3 is 0 Å². The lowest BCUT2D eigenvalue weighted by Crippen LogP contribution is -2.60. The summed E-state index contributed by atoms with van der Waals surface area (Å²) in [4.78, 5) is 36.4. The monoisotopic (exact) mass is 638 g/mol. The number of piperazine rings is 1. The molecule has 7 rings (SSSR count). The third-order valence-electron chi connectivity index (χ3n) is 9.74. The number of hydrogen-bond acceptors (Lipinski definition) is 5. The molecule has 0 saturated carbocycles. The minimum absolute atomic E-state index is 0.00852. The number of benzene rings is 2. The average Bonchev–Trinajstić information content (AvgIpc) is 3.51. The first kappa shape index (κ1) is 30.2. The molecule has 2 unspecified atom stereocenters. The molecule has 5 heterocycles. The van der Waals surface area contributed by atoms with E-state index in [0.29, 0.717) is 59.3 Å². The molecule has 10 heteroatoms. The highest BCUT2D eigenvalue weighted by Gasteiger charge is 2.40. The number of fused-ring (bicyclic) bond motifs is 6. The first-order valence-electron chi connectivity index (χ1n) is 15.7. The second-order valence-corrected chi connectivity index (χ2v) is 13.3. The molecule has 5 aromatic rings. The maximum Gasteiger partial charge on any atom is 0.261 e. The van der Waals surface area contributed by atoms with Crippen molar-refractivity contribution >= 4 is 45.0 Å². The first-order chi connectivity index (χ1) is 22.0. The van der Waals surface area contributed by atoms with Crippen LogP contribution in [0, 0.1) is 19.7 Å². The lowest BCUT2D eigenvalue weighted by atomic mass is 9.89. The van der Waals surface area contributed by atoms with Gasteiger partial charge in [0.2, 0.25) is 5.91 Å². The zero-order valence-corrected chi connectivity index (χ0v) is 27.4. The fraction of sp³-hybridized carbons (Fsp3) is 0.333. The summed E-state index contributed by atoms with van der Waals surface area (Å²) in [6.45, 7) is 14.6. The highest BCUT2D eigenvalue weighted by Crippen LogP contribution is 2.46. The zero-order valence-electron chi connectivity index (χ0n) is 26.6. The number of pyridine rings is 2. The van der Waals surface area contributed by atoms with E-state index in [4.69, 9.17) is 16.6 Å². The van der Waals surface area contributed by atoms with Gasteiger partial charge in [-0.2, -0.15) is 5.10 Å². The highest BCUT2D eigenvalue weighted by atomic mass is 35.5. The number of nitrogens with zero attached hydrogens (tertiary/aromatic N) is 5. The Hall–Kier alpha value is -4.50. The van der Waals surface area contributed by atoms with Crippen molar-refractivity contribution in [3.63, 3.8) is 0 Å². The van der Waals surface area contributed by atoms with Crippen molar-refractivity contribution in [1.29, 1.82) is 0 Å². The van der Waals surface area contributed by atoms with Gasteiger partial charge in [-0.1, -0.05) is 38.1 Å². The van der Waals surface area contributed by atoms with E-state index in [9.17, 15) is 9.59 Å². The molecule has 0 bridgehead atoms. The van der Waals surface area contributed by atoms with Crippen LogP contribution in [0.25, 0.3) is 38.6 Å².